The molecule has 390 valence electrons. The summed E-state index contributed by atoms with van der Waals surface area (Å²) in [7, 11) is 3.91. The van der Waals surface area contributed by atoms with E-state index in [0.29, 0.717) is 66.0 Å². The van der Waals surface area contributed by atoms with Gasteiger partial charge in [0, 0.05) is 78.4 Å². The molecule has 0 saturated heterocycles. The lowest BCUT2D eigenvalue weighted by molar-refractivity contribution is -0.138. The zero-order chi connectivity index (χ0) is 53.6. The van der Waals surface area contributed by atoms with Gasteiger partial charge in [-0.05, 0) is 102 Å². The van der Waals surface area contributed by atoms with E-state index in [1.165, 1.54) is 6.07 Å². The fourth-order valence-corrected chi connectivity index (χ4v) is 7.82. The highest BCUT2D eigenvalue weighted by atomic mass is 19.1. The van der Waals surface area contributed by atoms with E-state index in [0.717, 1.165) is 39.4 Å². The molecule has 4 N–H and O–H groups in total. The van der Waals surface area contributed by atoms with Crippen molar-refractivity contribution in [2.75, 3.05) is 94.4 Å². The number of fused-ring (bicyclic) bond motifs is 2. The van der Waals surface area contributed by atoms with Gasteiger partial charge in [-0.3, -0.25) is 24.2 Å². The zero-order valence-electron chi connectivity index (χ0n) is 42.4. The van der Waals surface area contributed by atoms with Gasteiger partial charge in [0.1, 0.15) is 81.6 Å². The molecular weight excluding hydrogens is 948 g/mol. The van der Waals surface area contributed by atoms with Gasteiger partial charge in [-0.25, -0.2) is 8.97 Å². The number of carbonyl (C=O) groups is 4. The van der Waals surface area contributed by atoms with Crippen molar-refractivity contribution in [3.8, 4) is 33.9 Å². The van der Waals surface area contributed by atoms with Crippen LogP contribution in [0.3, 0.4) is 0 Å². The van der Waals surface area contributed by atoms with E-state index in [2.05, 4.69) is 45.7 Å². The molecular formula is C51H64FN10O11+. The Morgan fingerprint density at radius 3 is 1.90 bits per heavy atom. The normalized spacial score (nSPS) is 12.1. The molecule has 73 heavy (non-hydrogen) atoms. The molecule has 0 spiro atoms. The Labute approximate surface area is 421 Å². The van der Waals surface area contributed by atoms with E-state index in [1.54, 1.807) is 18.2 Å². The predicted octanol–water partition coefficient (Wildman–Crippen LogP) is 7.95. The molecule has 3 aromatic rings. The van der Waals surface area contributed by atoms with Gasteiger partial charge >= 0.3 is 23.9 Å². The first-order chi connectivity index (χ1) is 34.4. The van der Waals surface area contributed by atoms with Crippen LogP contribution < -0.4 is 34.1 Å². The minimum Gasteiger partial charge on any atom is -0.488 e. The molecule has 0 aromatic heterocycles. The van der Waals surface area contributed by atoms with Crippen LogP contribution in [0.15, 0.2) is 92.7 Å². The molecule has 1 aliphatic carbocycles. The van der Waals surface area contributed by atoms with Gasteiger partial charge in [0.25, 0.3) is 0 Å². The van der Waals surface area contributed by atoms with Crippen LogP contribution in [-0.2, 0) is 19.2 Å². The first-order valence-corrected chi connectivity index (χ1v) is 23.5. The lowest BCUT2D eigenvalue weighted by atomic mass is 9.93. The second kappa shape index (κ2) is 24.8. The Morgan fingerprint density at radius 2 is 1.34 bits per heavy atom. The van der Waals surface area contributed by atoms with Crippen LogP contribution >= 0.6 is 0 Å². The van der Waals surface area contributed by atoms with Gasteiger partial charge in [-0.15, -0.1) is 0 Å². The number of nitrogens with zero attached hydrogens (tertiary/aromatic N) is 10. The third-order valence-corrected chi connectivity index (χ3v) is 11.2. The molecule has 1 aliphatic heterocycles. The van der Waals surface area contributed by atoms with Crippen molar-refractivity contribution in [1.82, 2.24) is 9.58 Å². The van der Waals surface area contributed by atoms with E-state index in [4.69, 9.17) is 19.4 Å². The molecule has 0 fully saturated rings. The van der Waals surface area contributed by atoms with Crippen LogP contribution in [0.4, 0.5) is 21.5 Å². The maximum atomic E-state index is 14.6. The number of carboxylic acid groups (broad SMARTS) is 4. The summed E-state index contributed by atoms with van der Waals surface area (Å²) in [6, 6.07) is 19.8. The Morgan fingerprint density at radius 1 is 0.753 bits per heavy atom. The maximum Gasteiger partial charge on any atom is 0.323 e. The minimum atomic E-state index is -1.33. The molecule has 0 saturated carbocycles. The number of rotatable bonds is 26. The average molecular weight is 1010 g/mol. The lowest BCUT2D eigenvalue weighted by Crippen LogP contribution is -2.39. The standard InChI is InChI=1S/C51H63FN10O11/c1-50(2,3)55-57-62(51(4,5)6)22-10-21-59(8)36-14-16-38-42(28-36)73-41-27-35(58(7)20-9-19-54-56-53)13-15-37(41)49(38)33-11-17-39(60(29-45(63)64)30-46(65)66)43(25-33)71-23-24-72-44-26-34(52)12-18-40(44)61(31-47(67)68)32-48(69)70/h11-18,25-28H,9-10,19-24,29-32H2,1-8H3,(H3-,63,64,65,66,67,68,69,70)/p+1. The van der Waals surface area contributed by atoms with E-state index in [1.807, 2.05) is 81.2 Å². The second-order valence-corrected chi connectivity index (χ2v) is 19.3. The fourth-order valence-electron chi connectivity index (χ4n) is 7.82. The van der Waals surface area contributed by atoms with E-state index in [9.17, 15) is 44.0 Å². The van der Waals surface area contributed by atoms with Gasteiger partial charge < -0.3 is 49.0 Å². The summed E-state index contributed by atoms with van der Waals surface area (Å²) in [6.45, 7) is 11.1. The van der Waals surface area contributed by atoms with Gasteiger partial charge in [0.2, 0.25) is 5.36 Å². The fraction of sp³-hybridized carbons (Fsp3) is 0.431. The van der Waals surface area contributed by atoms with Gasteiger partial charge in [-0.2, -0.15) is 5.11 Å². The third-order valence-electron chi connectivity index (χ3n) is 11.2. The molecule has 22 heteroatoms. The number of ether oxygens (including phenoxy) is 2. The minimum absolute atomic E-state index is 0.000787. The summed E-state index contributed by atoms with van der Waals surface area (Å²) in [5.41, 5.74) is 11.7. The number of hydrogen-bond acceptors (Lipinski definition) is 13. The summed E-state index contributed by atoms with van der Waals surface area (Å²) in [6.07, 6.45) is 1.38. The molecule has 0 bridgehead atoms. The largest absolute Gasteiger partial charge is 0.488 e. The van der Waals surface area contributed by atoms with Crippen molar-refractivity contribution >= 4 is 51.9 Å². The molecule has 0 atom stereocenters. The Balaban J connectivity index is 1.62. The predicted molar refractivity (Wildman–Crippen MR) is 274 cm³/mol. The summed E-state index contributed by atoms with van der Waals surface area (Å²) in [4.78, 5) is 54.5. The van der Waals surface area contributed by atoms with E-state index in [-0.39, 0.29) is 47.2 Å². The van der Waals surface area contributed by atoms with E-state index < -0.39 is 55.9 Å². The summed E-state index contributed by atoms with van der Waals surface area (Å²) in [5, 5.41) is 55.0. The smallest absolute Gasteiger partial charge is 0.323 e. The summed E-state index contributed by atoms with van der Waals surface area (Å²) < 4.78 is 35.6. The van der Waals surface area contributed by atoms with Crippen molar-refractivity contribution in [3.63, 3.8) is 0 Å². The second-order valence-electron chi connectivity index (χ2n) is 19.3. The number of aliphatic carboxylic acids is 4. The van der Waals surface area contributed by atoms with Gasteiger partial charge in [0.15, 0.2) is 0 Å². The van der Waals surface area contributed by atoms with Crippen LogP contribution in [0.1, 0.15) is 54.4 Å². The number of halogens is 1. The van der Waals surface area contributed by atoms with Crippen LogP contribution in [-0.4, -0.2) is 140 Å². The first-order valence-electron chi connectivity index (χ1n) is 23.5. The van der Waals surface area contributed by atoms with Crippen molar-refractivity contribution in [2.24, 2.45) is 15.5 Å². The summed E-state index contributed by atoms with van der Waals surface area (Å²) >= 11 is 0. The lowest BCUT2D eigenvalue weighted by Gasteiger charge is -2.32. The average Bonchev–Trinajstić information content (AvgIpc) is 3.29. The summed E-state index contributed by atoms with van der Waals surface area (Å²) in [5.74, 6) is -5.56. The number of anilines is 3. The van der Waals surface area contributed by atoms with Crippen LogP contribution in [0.25, 0.3) is 43.9 Å². The number of hydrogen-bond donors (Lipinski definition) is 4. The molecule has 0 amide bonds. The van der Waals surface area contributed by atoms with Gasteiger partial charge in [-0.1, -0.05) is 16.4 Å². The first kappa shape index (κ1) is 55.8. The quantitative estimate of drug-likeness (QED) is 0.00778. The molecule has 3 aromatic carbocycles. The zero-order valence-corrected chi connectivity index (χ0v) is 42.4. The molecule has 0 unspecified atom stereocenters. The molecule has 21 nitrogen and oxygen atoms in total. The van der Waals surface area contributed by atoms with Crippen LogP contribution in [0.2, 0.25) is 0 Å². The van der Waals surface area contributed by atoms with E-state index >= 15 is 0 Å². The maximum absolute atomic E-state index is 14.6. The van der Waals surface area contributed by atoms with Crippen LogP contribution in [0, 0.1) is 5.82 Å². The third kappa shape index (κ3) is 16.2. The highest BCUT2D eigenvalue weighted by molar-refractivity contribution is 6.03. The Hall–Kier alpha value is -8.13. The highest BCUT2D eigenvalue weighted by Gasteiger charge is 2.26. The molecule has 5 rings (SSSR count). The number of carboxylic acids is 4. The number of benzene rings is 4. The Kier molecular flexibility index (Phi) is 19.0. The molecule has 2 aliphatic rings. The van der Waals surface area contributed by atoms with Crippen molar-refractivity contribution in [3.05, 3.63) is 94.4 Å². The monoisotopic (exact) mass is 1010 g/mol. The van der Waals surface area contributed by atoms with Crippen molar-refractivity contribution in [2.45, 2.75) is 65.5 Å². The van der Waals surface area contributed by atoms with Gasteiger partial charge in [0.05, 0.1) is 28.5 Å². The van der Waals surface area contributed by atoms with Crippen molar-refractivity contribution in [1.29, 1.82) is 0 Å². The topological polar surface area (TPSA) is 270 Å². The molecule has 1 heterocycles. The van der Waals surface area contributed by atoms with Crippen molar-refractivity contribution < 1.29 is 57.9 Å². The SMILES string of the molecule is CN(CCCN=[N+]=[N-])c1ccc2c(-c3ccc(N(CC(=O)O)CC(=O)O)c(OCCOc4cc(F)ccc4N(CC(=O)O)CC(=O)O)c3)c3ccc(=[N+](C)CCCN(N=NC(C)(C)C)C(C)(C)C)cc-3oc2c1. The highest BCUT2D eigenvalue weighted by Crippen LogP contribution is 2.43. The number of azide groups is 1. The van der Waals surface area contributed by atoms with Crippen LogP contribution in [0.5, 0.6) is 11.5 Å². The Bertz CT molecular complexity index is 2870. The molecule has 0 radical (unpaired) electrons.